The zero-order chi connectivity index (χ0) is 45.5. The summed E-state index contributed by atoms with van der Waals surface area (Å²) in [6.07, 6.45) is 3.24. The number of hydrogen-bond donors (Lipinski definition) is 0. The Bertz CT molecular complexity index is 3230. The third-order valence-corrected chi connectivity index (χ3v) is 15.2. The van der Waals surface area contributed by atoms with Gasteiger partial charge in [0.1, 0.15) is 5.82 Å². The molecule has 66 heavy (non-hydrogen) atoms. The van der Waals surface area contributed by atoms with E-state index in [1.54, 1.807) is 17.4 Å². The standard InChI is InChI=1S/C41H30FN2S.C18H24NSi.Ir/c1-41(2,3)28-23-33(26-13-6-4-7-14-26)38(34(24-28)27-15-8-5-9-16-27)44-36-20-11-10-19-35(36)43-40(44)32-18-12-17-31-30-22-21-29(42)25-37(30)45-39(31)32;1-14(2)11-16-12-17(15-9-7-6-8-10-15)19-13-18(16)20(3,4)5;/h4-17,19-25H,1-3H3;6-9,12-14H,11H2,1-5H3;/q2*-1;. The van der Waals surface area contributed by atoms with Crippen LogP contribution in [0.1, 0.15) is 45.7 Å². The molecule has 7 aromatic carbocycles. The molecule has 0 aliphatic heterocycles. The molecular formula is C59H54FIrN3SSi-2. The zero-order valence-electron chi connectivity index (χ0n) is 38.8. The molecule has 0 saturated heterocycles. The molecule has 10 aromatic rings. The van der Waals surface area contributed by atoms with Crippen molar-refractivity contribution in [2.45, 2.75) is 66.1 Å². The van der Waals surface area contributed by atoms with Crippen LogP contribution in [0.4, 0.5) is 4.39 Å². The molecule has 0 amide bonds. The van der Waals surface area contributed by atoms with Gasteiger partial charge in [-0.15, -0.1) is 54.1 Å². The molecule has 3 aromatic heterocycles. The summed E-state index contributed by atoms with van der Waals surface area (Å²) in [6, 6.07) is 60.6. The quantitative estimate of drug-likeness (QED) is 0.112. The van der Waals surface area contributed by atoms with Crippen molar-refractivity contribution in [3.05, 3.63) is 193 Å². The Hall–Kier alpha value is -5.82. The molecule has 0 unspecified atom stereocenters. The van der Waals surface area contributed by atoms with Crippen LogP contribution >= 0.6 is 11.3 Å². The SMILES string of the molecule is CC(C)(C)c1cc(-c2ccccc2)c(-n2c(-c3[c-]ccc4c3sc3cc(F)ccc34)nc3ccccc32)c(-c2ccccc2)c1.CC(C)Cc1cc(-c2[c-]cccc2)ncc1[Si](C)(C)C.[Ir]. The topological polar surface area (TPSA) is 30.7 Å². The van der Waals surface area contributed by atoms with Crippen molar-refractivity contribution in [1.82, 2.24) is 14.5 Å². The number of aromatic nitrogens is 3. The number of para-hydroxylation sites is 2. The van der Waals surface area contributed by atoms with Crippen LogP contribution in [0.3, 0.4) is 0 Å². The third kappa shape index (κ3) is 9.54. The molecule has 3 heterocycles. The molecule has 333 valence electrons. The van der Waals surface area contributed by atoms with Crippen LogP contribution in [0.15, 0.2) is 164 Å². The van der Waals surface area contributed by atoms with Crippen LogP contribution in [0.25, 0.3) is 81.8 Å². The second kappa shape index (κ2) is 19.2. The summed E-state index contributed by atoms with van der Waals surface area (Å²) in [6.45, 7) is 18.5. The third-order valence-electron chi connectivity index (χ3n) is 12.0. The van der Waals surface area contributed by atoms with Gasteiger partial charge in [-0.1, -0.05) is 156 Å². The summed E-state index contributed by atoms with van der Waals surface area (Å²) >= 11 is 1.59. The molecule has 1 radical (unpaired) electrons. The van der Waals surface area contributed by atoms with Gasteiger partial charge in [0.05, 0.1) is 30.6 Å². The van der Waals surface area contributed by atoms with Gasteiger partial charge in [-0.2, -0.15) is 11.3 Å². The summed E-state index contributed by atoms with van der Waals surface area (Å²) < 4.78 is 18.6. The van der Waals surface area contributed by atoms with Crippen LogP contribution in [-0.2, 0) is 31.9 Å². The second-order valence-corrected chi connectivity index (χ2v) is 25.4. The van der Waals surface area contributed by atoms with E-state index in [9.17, 15) is 4.39 Å². The number of thiophene rings is 1. The molecule has 0 aliphatic rings. The molecule has 7 heteroatoms. The first-order valence-corrected chi connectivity index (χ1v) is 26.8. The van der Waals surface area contributed by atoms with Gasteiger partial charge < -0.3 is 9.55 Å². The van der Waals surface area contributed by atoms with E-state index in [4.69, 9.17) is 4.98 Å². The maximum absolute atomic E-state index is 14.3. The van der Waals surface area contributed by atoms with Gasteiger partial charge in [0.15, 0.2) is 0 Å². The maximum Gasteiger partial charge on any atom is 0.124 e. The number of fused-ring (bicyclic) bond motifs is 4. The first kappa shape index (κ1) is 46.7. The summed E-state index contributed by atoms with van der Waals surface area (Å²) in [5.41, 5.74) is 13.2. The molecule has 0 saturated carbocycles. The molecule has 0 spiro atoms. The van der Waals surface area contributed by atoms with Crippen molar-refractivity contribution < 1.29 is 24.5 Å². The Balaban J connectivity index is 0.000000238. The van der Waals surface area contributed by atoms with Crippen molar-refractivity contribution in [1.29, 1.82) is 0 Å². The largest absolute Gasteiger partial charge is 0.332 e. The van der Waals surface area contributed by atoms with E-state index in [1.807, 2.05) is 36.4 Å². The summed E-state index contributed by atoms with van der Waals surface area (Å²) in [5.74, 6) is 1.25. The van der Waals surface area contributed by atoms with Crippen LogP contribution in [0.5, 0.6) is 0 Å². The number of pyridine rings is 1. The van der Waals surface area contributed by atoms with E-state index in [2.05, 4.69) is 191 Å². The van der Waals surface area contributed by atoms with E-state index in [-0.39, 0.29) is 31.3 Å². The number of nitrogens with zero attached hydrogens (tertiary/aromatic N) is 3. The van der Waals surface area contributed by atoms with E-state index in [0.717, 1.165) is 88.2 Å². The Morgan fingerprint density at radius 3 is 1.98 bits per heavy atom. The van der Waals surface area contributed by atoms with Crippen LogP contribution in [-0.4, -0.2) is 22.6 Å². The van der Waals surface area contributed by atoms with Gasteiger partial charge in [0.2, 0.25) is 0 Å². The van der Waals surface area contributed by atoms with Gasteiger partial charge in [0, 0.05) is 42.1 Å². The van der Waals surface area contributed by atoms with Crippen LogP contribution in [0, 0.1) is 23.9 Å². The average Bonchev–Trinajstić information content (AvgIpc) is 3.87. The average molecular weight is 1080 g/mol. The number of rotatable bonds is 8. The summed E-state index contributed by atoms with van der Waals surface area (Å²) in [7, 11) is -1.34. The monoisotopic (exact) mass is 1080 g/mol. The van der Waals surface area contributed by atoms with E-state index in [0.29, 0.717) is 5.92 Å². The van der Waals surface area contributed by atoms with Gasteiger partial charge in [-0.3, -0.25) is 4.98 Å². The van der Waals surface area contributed by atoms with Crippen molar-refractivity contribution in [2.24, 2.45) is 5.92 Å². The predicted molar refractivity (Wildman–Crippen MR) is 278 cm³/mol. The second-order valence-electron chi connectivity index (χ2n) is 19.4. The smallest absolute Gasteiger partial charge is 0.124 e. The van der Waals surface area contributed by atoms with Gasteiger partial charge in [0.25, 0.3) is 0 Å². The van der Waals surface area contributed by atoms with Gasteiger partial charge >= 0.3 is 0 Å². The Kier molecular flexibility index (Phi) is 13.6. The molecule has 10 rings (SSSR count). The first-order valence-electron chi connectivity index (χ1n) is 22.5. The minimum Gasteiger partial charge on any atom is -0.332 e. The Morgan fingerprint density at radius 2 is 1.36 bits per heavy atom. The number of benzene rings is 7. The van der Waals surface area contributed by atoms with Crippen molar-refractivity contribution in [2.75, 3.05) is 0 Å². The number of hydrogen-bond acceptors (Lipinski definition) is 3. The maximum atomic E-state index is 14.3. The van der Waals surface area contributed by atoms with Crippen molar-refractivity contribution >= 4 is 55.8 Å². The van der Waals surface area contributed by atoms with Crippen molar-refractivity contribution in [3.63, 3.8) is 0 Å². The molecule has 0 bridgehead atoms. The summed E-state index contributed by atoms with van der Waals surface area (Å²) in [4.78, 5) is 9.99. The van der Waals surface area contributed by atoms with Crippen molar-refractivity contribution in [3.8, 4) is 50.6 Å². The molecule has 3 nitrogen and oxygen atoms in total. The number of halogens is 1. The minimum absolute atomic E-state index is 0. The van der Waals surface area contributed by atoms with E-state index < -0.39 is 8.07 Å². The predicted octanol–water partition coefficient (Wildman–Crippen LogP) is 15.9. The van der Waals surface area contributed by atoms with Crippen LogP contribution in [0.2, 0.25) is 19.6 Å². The van der Waals surface area contributed by atoms with Gasteiger partial charge in [-0.25, -0.2) is 4.39 Å². The molecule has 0 aliphatic carbocycles. The normalized spacial score (nSPS) is 11.8. The van der Waals surface area contributed by atoms with E-state index >= 15 is 0 Å². The van der Waals surface area contributed by atoms with Crippen LogP contribution < -0.4 is 5.19 Å². The fraction of sp³-hybridized carbons (Fsp3) is 0.186. The zero-order valence-corrected chi connectivity index (χ0v) is 43.0. The number of imidazole rings is 1. The molecule has 0 atom stereocenters. The molecule has 0 N–H and O–H groups in total. The molecular weight excluding hydrogens is 1020 g/mol. The first-order chi connectivity index (χ1) is 31.2. The van der Waals surface area contributed by atoms with E-state index in [1.165, 1.54) is 22.4 Å². The van der Waals surface area contributed by atoms with Gasteiger partial charge in [-0.05, 0) is 91.8 Å². The summed E-state index contributed by atoms with van der Waals surface area (Å²) in [5, 5.41) is 3.61. The molecule has 0 fully saturated rings. The minimum atomic E-state index is -1.34. The fourth-order valence-electron chi connectivity index (χ4n) is 8.77. The fourth-order valence-corrected chi connectivity index (χ4v) is 11.6. The Labute approximate surface area is 407 Å². The Morgan fingerprint density at radius 1 is 0.712 bits per heavy atom.